The van der Waals surface area contributed by atoms with Gasteiger partial charge in [0.15, 0.2) is 0 Å². The standard InChI is InChI=1S/C13H23FN2O2/c1-13(2,3)18-12(17)16-7-10(8-16)6-15-5-4-11(14)9-15/h10-11H,4-9H2,1-3H3/t11-/m1/s1. The van der Waals surface area contributed by atoms with Gasteiger partial charge < -0.3 is 9.64 Å². The topological polar surface area (TPSA) is 32.8 Å². The third-order valence-electron chi connectivity index (χ3n) is 3.34. The van der Waals surface area contributed by atoms with Crippen molar-refractivity contribution < 1.29 is 13.9 Å². The molecule has 0 unspecified atom stereocenters. The van der Waals surface area contributed by atoms with Gasteiger partial charge in [-0.1, -0.05) is 0 Å². The number of rotatable bonds is 2. The first kappa shape index (κ1) is 13.6. The number of amides is 1. The van der Waals surface area contributed by atoms with Crippen LogP contribution in [-0.4, -0.2) is 60.4 Å². The Labute approximate surface area is 108 Å². The molecule has 0 aliphatic carbocycles. The molecule has 2 fully saturated rings. The second-order valence-electron chi connectivity index (χ2n) is 6.40. The highest BCUT2D eigenvalue weighted by Crippen LogP contribution is 2.22. The number of carbonyl (C=O) groups excluding carboxylic acids is 1. The van der Waals surface area contributed by atoms with Gasteiger partial charge in [0.1, 0.15) is 11.8 Å². The van der Waals surface area contributed by atoms with Crippen LogP contribution in [-0.2, 0) is 4.74 Å². The molecule has 2 saturated heterocycles. The predicted molar refractivity (Wildman–Crippen MR) is 67.3 cm³/mol. The number of halogens is 1. The van der Waals surface area contributed by atoms with Crippen LogP contribution in [0.3, 0.4) is 0 Å². The summed E-state index contributed by atoms with van der Waals surface area (Å²) in [6.45, 7) is 9.40. The van der Waals surface area contributed by atoms with E-state index in [2.05, 4.69) is 4.90 Å². The van der Waals surface area contributed by atoms with Crippen molar-refractivity contribution in [3.63, 3.8) is 0 Å². The van der Waals surface area contributed by atoms with Gasteiger partial charge in [-0.25, -0.2) is 9.18 Å². The van der Waals surface area contributed by atoms with Crippen molar-refractivity contribution in [1.82, 2.24) is 9.80 Å². The zero-order valence-corrected chi connectivity index (χ0v) is 11.5. The Morgan fingerprint density at radius 2 is 2.00 bits per heavy atom. The molecule has 0 N–H and O–H groups in total. The maximum atomic E-state index is 13.0. The molecule has 2 rings (SSSR count). The van der Waals surface area contributed by atoms with Crippen LogP contribution in [0.5, 0.6) is 0 Å². The molecule has 0 radical (unpaired) electrons. The van der Waals surface area contributed by atoms with Crippen LogP contribution < -0.4 is 0 Å². The molecule has 0 aromatic rings. The first-order valence-electron chi connectivity index (χ1n) is 6.68. The van der Waals surface area contributed by atoms with E-state index in [9.17, 15) is 9.18 Å². The average molecular weight is 258 g/mol. The van der Waals surface area contributed by atoms with Crippen LogP contribution >= 0.6 is 0 Å². The second kappa shape index (κ2) is 5.03. The van der Waals surface area contributed by atoms with Gasteiger partial charge in [-0.05, 0) is 27.2 Å². The molecule has 0 aromatic carbocycles. The Kier molecular flexibility index (Phi) is 3.80. The van der Waals surface area contributed by atoms with Crippen molar-refractivity contribution in [2.24, 2.45) is 5.92 Å². The zero-order chi connectivity index (χ0) is 13.3. The van der Waals surface area contributed by atoms with Gasteiger partial charge in [-0.3, -0.25) is 4.90 Å². The van der Waals surface area contributed by atoms with Gasteiger partial charge in [0.2, 0.25) is 0 Å². The maximum absolute atomic E-state index is 13.0. The summed E-state index contributed by atoms with van der Waals surface area (Å²) < 4.78 is 18.3. The van der Waals surface area contributed by atoms with E-state index in [0.717, 1.165) is 26.2 Å². The Hall–Kier alpha value is -0.840. The summed E-state index contributed by atoms with van der Waals surface area (Å²) in [5, 5.41) is 0. The van der Waals surface area contributed by atoms with Gasteiger partial charge >= 0.3 is 6.09 Å². The molecule has 1 amide bonds. The fraction of sp³-hybridized carbons (Fsp3) is 0.923. The third-order valence-corrected chi connectivity index (χ3v) is 3.34. The number of alkyl halides is 1. The first-order chi connectivity index (χ1) is 8.33. The molecule has 1 atom stereocenters. The number of ether oxygens (including phenoxy) is 1. The van der Waals surface area contributed by atoms with E-state index in [4.69, 9.17) is 4.74 Å². The highest BCUT2D eigenvalue weighted by molar-refractivity contribution is 5.69. The molecule has 2 aliphatic heterocycles. The Bertz CT molecular complexity index is 311. The van der Waals surface area contributed by atoms with Gasteiger partial charge in [0, 0.05) is 38.6 Å². The summed E-state index contributed by atoms with van der Waals surface area (Å²) in [5.74, 6) is 0.475. The van der Waals surface area contributed by atoms with Crippen molar-refractivity contribution in [1.29, 1.82) is 0 Å². The monoisotopic (exact) mass is 258 g/mol. The van der Waals surface area contributed by atoms with Crippen LogP contribution in [0.25, 0.3) is 0 Å². The SMILES string of the molecule is CC(C)(C)OC(=O)N1CC(CN2CC[C@@H](F)C2)C1. The number of hydrogen-bond donors (Lipinski definition) is 0. The van der Waals surface area contributed by atoms with E-state index in [-0.39, 0.29) is 6.09 Å². The molecule has 0 aromatic heterocycles. The van der Waals surface area contributed by atoms with Crippen LogP contribution in [0, 0.1) is 5.92 Å². The fourth-order valence-electron chi connectivity index (χ4n) is 2.48. The Balaban J connectivity index is 1.66. The van der Waals surface area contributed by atoms with E-state index in [1.54, 1.807) is 4.90 Å². The molecule has 0 bridgehead atoms. The second-order valence-corrected chi connectivity index (χ2v) is 6.40. The number of nitrogens with zero attached hydrogens (tertiary/aromatic N) is 2. The molecule has 2 aliphatic rings. The van der Waals surface area contributed by atoms with Gasteiger partial charge in [0.25, 0.3) is 0 Å². The van der Waals surface area contributed by atoms with Crippen molar-refractivity contribution in [2.45, 2.75) is 39.0 Å². The van der Waals surface area contributed by atoms with Crippen molar-refractivity contribution in [3.05, 3.63) is 0 Å². The minimum atomic E-state index is -0.660. The molecular formula is C13H23FN2O2. The number of likely N-dealkylation sites (tertiary alicyclic amines) is 2. The third kappa shape index (κ3) is 3.57. The highest BCUT2D eigenvalue weighted by Gasteiger charge is 2.35. The minimum absolute atomic E-state index is 0.233. The summed E-state index contributed by atoms with van der Waals surface area (Å²) in [6, 6.07) is 0. The van der Waals surface area contributed by atoms with Crippen molar-refractivity contribution >= 4 is 6.09 Å². The van der Waals surface area contributed by atoms with E-state index in [1.807, 2.05) is 20.8 Å². The van der Waals surface area contributed by atoms with Crippen LogP contribution in [0.4, 0.5) is 9.18 Å². The molecule has 2 heterocycles. The highest BCUT2D eigenvalue weighted by atomic mass is 19.1. The van der Waals surface area contributed by atoms with E-state index >= 15 is 0 Å². The van der Waals surface area contributed by atoms with Crippen LogP contribution in [0.1, 0.15) is 27.2 Å². The molecular weight excluding hydrogens is 235 g/mol. The zero-order valence-electron chi connectivity index (χ0n) is 11.5. The molecule has 4 nitrogen and oxygen atoms in total. The summed E-state index contributed by atoms with van der Waals surface area (Å²) >= 11 is 0. The molecule has 104 valence electrons. The Morgan fingerprint density at radius 3 is 2.50 bits per heavy atom. The lowest BCUT2D eigenvalue weighted by Crippen LogP contribution is -2.54. The minimum Gasteiger partial charge on any atom is -0.444 e. The smallest absolute Gasteiger partial charge is 0.410 e. The van der Waals surface area contributed by atoms with Gasteiger partial charge in [-0.15, -0.1) is 0 Å². The number of carbonyl (C=O) groups is 1. The van der Waals surface area contributed by atoms with E-state index in [1.165, 1.54) is 0 Å². The lowest BCUT2D eigenvalue weighted by atomic mass is 10.0. The first-order valence-corrected chi connectivity index (χ1v) is 6.68. The number of hydrogen-bond acceptors (Lipinski definition) is 3. The molecule has 0 spiro atoms. The normalized spacial score (nSPS) is 26.2. The molecule has 18 heavy (non-hydrogen) atoms. The molecule has 0 saturated carbocycles. The fourth-order valence-corrected chi connectivity index (χ4v) is 2.48. The Morgan fingerprint density at radius 1 is 1.33 bits per heavy atom. The van der Waals surface area contributed by atoms with Crippen LogP contribution in [0.15, 0.2) is 0 Å². The van der Waals surface area contributed by atoms with E-state index < -0.39 is 11.8 Å². The quantitative estimate of drug-likeness (QED) is 0.758. The van der Waals surface area contributed by atoms with Crippen molar-refractivity contribution in [2.75, 3.05) is 32.7 Å². The van der Waals surface area contributed by atoms with Gasteiger partial charge in [-0.2, -0.15) is 0 Å². The molecule has 5 heteroatoms. The summed E-state index contributed by atoms with van der Waals surface area (Å²) in [6.07, 6.45) is -0.238. The predicted octanol–water partition coefficient (Wildman–Crippen LogP) is 1.90. The lowest BCUT2D eigenvalue weighted by Gasteiger charge is -2.41. The maximum Gasteiger partial charge on any atom is 0.410 e. The summed E-state index contributed by atoms with van der Waals surface area (Å²) in [7, 11) is 0. The average Bonchev–Trinajstić information content (AvgIpc) is 2.53. The van der Waals surface area contributed by atoms with E-state index in [0.29, 0.717) is 18.9 Å². The summed E-state index contributed by atoms with van der Waals surface area (Å²) in [5.41, 5.74) is -0.432. The lowest BCUT2D eigenvalue weighted by molar-refractivity contribution is -0.00551. The van der Waals surface area contributed by atoms with Gasteiger partial charge in [0.05, 0.1) is 0 Å². The summed E-state index contributed by atoms with van der Waals surface area (Å²) in [4.78, 5) is 15.6. The van der Waals surface area contributed by atoms with Crippen LogP contribution in [0.2, 0.25) is 0 Å². The largest absolute Gasteiger partial charge is 0.444 e. The van der Waals surface area contributed by atoms with Crippen molar-refractivity contribution in [3.8, 4) is 0 Å².